The highest BCUT2D eigenvalue weighted by molar-refractivity contribution is 5.79. The third-order valence-corrected chi connectivity index (χ3v) is 7.60. The average molecular weight is 532 g/mol. The Bertz CT molecular complexity index is 987. The first-order valence-electron chi connectivity index (χ1n) is 13.7. The smallest absolute Gasteiger partial charge is 0.308 e. The van der Waals surface area contributed by atoms with Gasteiger partial charge in [-0.1, -0.05) is 39.3 Å². The quantitative estimate of drug-likeness (QED) is 0.348. The summed E-state index contributed by atoms with van der Waals surface area (Å²) in [6, 6.07) is 3.38. The van der Waals surface area contributed by atoms with Crippen LogP contribution in [0.2, 0.25) is 0 Å². The molecule has 3 atom stereocenters. The summed E-state index contributed by atoms with van der Waals surface area (Å²) in [7, 11) is 1.56. The Labute approximate surface area is 226 Å². The van der Waals surface area contributed by atoms with Crippen molar-refractivity contribution in [2.24, 2.45) is 17.1 Å². The van der Waals surface area contributed by atoms with Crippen LogP contribution in [0.4, 0.5) is 0 Å². The molecule has 0 saturated carbocycles. The van der Waals surface area contributed by atoms with E-state index in [9.17, 15) is 14.7 Å². The maximum atomic E-state index is 13.5. The number of carbonyl (C=O) groups excluding carboxylic acids is 1. The van der Waals surface area contributed by atoms with E-state index < -0.39 is 11.9 Å². The number of allylic oxidation sites excluding steroid dienone is 2. The Balaban J connectivity index is 1.97. The van der Waals surface area contributed by atoms with Crippen molar-refractivity contribution in [3.63, 3.8) is 0 Å². The molecule has 0 aromatic heterocycles. The molecule has 1 amide bonds. The number of benzene rings is 1. The van der Waals surface area contributed by atoms with Gasteiger partial charge in [0, 0.05) is 31.6 Å². The van der Waals surface area contributed by atoms with Gasteiger partial charge in [0.25, 0.3) is 0 Å². The number of carbonyl (C=O) groups is 2. The summed E-state index contributed by atoms with van der Waals surface area (Å²) in [6.07, 6.45) is 7.37. The Morgan fingerprint density at radius 3 is 2.63 bits per heavy atom. The highest BCUT2D eigenvalue weighted by Gasteiger charge is 2.49. The number of amides is 1. The van der Waals surface area contributed by atoms with Gasteiger partial charge >= 0.3 is 5.97 Å². The van der Waals surface area contributed by atoms with Gasteiger partial charge in [-0.3, -0.25) is 14.5 Å². The molecule has 3 rings (SSSR count). The fourth-order valence-electron chi connectivity index (χ4n) is 5.77. The minimum absolute atomic E-state index is 0.0220. The van der Waals surface area contributed by atoms with Crippen molar-refractivity contribution >= 4 is 11.9 Å². The minimum atomic E-state index is -0.867. The molecule has 3 N–H and O–H groups in total. The van der Waals surface area contributed by atoms with E-state index in [1.807, 2.05) is 30.0 Å². The van der Waals surface area contributed by atoms with Crippen molar-refractivity contribution in [2.75, 3.05) is 46.6 Å². The molecule has 1 aromatic rings. The highest BCUT2D eigenvalue weighted by atomic mass is 16.7. The standard InChI is InChI=1S/C29H45N3O6/c1-6-8-12-31(13-9-11-30)25(33)18-32-17-21(20-14-23(36-5)27-24(15-20)37-19-38-27)26(28(34)35)22(32)16-29(3,4)10-7-2/h7,10,14-15,21-22,26H,6,8-9,11-13,16-19,30H2,1-5H3,(H,34,35)/b10-7+/t21-,22+,26-/m1/s1. The number of unbranched alkanes of at least 4 members (excludes halogenated alkanes) is 1. The molecule has 0 bridgehead atoms. The van der Waals surface area contributed by atoms with E-state index in [1.165, 1.54) is 0 Å². The van der Waals surface area contributed by atoms with Crippen LogP contribution in [0.1, 0.15) is 64.9 Å². The number of hydrogen-bond donors (Lipinski definition) is 2. The van der Waals surface area contributed by atoms with E-state index in [4.69, 9.17) is 19.9 Å². The zero-order valence-corrected chi connectivity index (χ0v) is 23.6. The van der Waals surface area contributed by atoms with Gasteiger partial charge in [-0.05, 0) is 55.8 Å². The van der Waals surface area contributed by atoms with E-state index in [2.05, 4.69) is 31.7 Å². The summed E-state index contributed by atoms with van der Waals surface area (Å²) in [6.45, 7) is 10.8. The fraction of sp³-hybridized carbons (Fsp3) is 0.655. The normalized spacial score (nSPS) is 21.3. The third kappa shape index (κ3) is 6.99. The van der Waals surface area contributed by atoms with Crippen LogP contribution in [-0.4, -0.2) is 79.5 Å². The molecule has 9 heteroatoms. The summed E-state index contributed by atoms with van der Waals surface area (Å²) in [5, 5.41) is 10.5. The van der Waals surface area contributed by atoms with Crippen molar-refractivity contribution in [1.29, 1.82) is 0 Å². The molecule has 0 spiro atoms. The number of carboxylic acids is 1. The van der Waals surface area contributed by atoms with Crippen LogP contribution in [0.25, 0.3) is 0 Å². The van der Waals surface area contributed by atoms with Gasteiger partial charge in [0.15, 0.2) is 11.5 Å². The molecule has 1 saturated heterocycles. The first kappa shape index (κ1) is 29.8. The predicted octanol–water partition coefficient (Wildman–Crippen LogP) is 3.86. The van der Waals surface area contributed by atoms with E-state index in [0.29, 0.717) is 49.8 Å². The third-order valence-electron chi connectivity index (χ3n) is 7.60. The SMILES string of the molecule is C/C=C/C(C)(C)C[C@H]1[C@H](C(=O)O)[C@@H](c2cc(OC)c3c(c2)OCO3)CN1CC(=O)N(CCCC)CCCN. The summed E-state index contributed by atoms with van der Waals surface area (Å²) in [4.78, 5) is 30.3. The van der Waals surface area contributed by atoms with Crippen LogP contribution in [-0.2, 0) is 9.59 Å². The molecular weight excluding hydrogens is 486 g/mol. The second kappa shape index (κ2) is 13.3. The van der Waals surface area contributed by atoms with Crippen LogP contribution < -0.4 is 19.9 Å². The number of nitrogens with two attached hydrogens (primary N) is 1. The minimum Gasteiger partial charge on any atom is -0.493 e. The second-order valence-corrected chi connectivity index (χ2v) is 11.0. The Morgan fingerprint density at radius 2 is 2.00 bits per heavy atom. The van der Waals surface area contributed by atoms with Crippen molar-refractivity contribution < 1.29 is 28.9 Å². The number of methoxy groups -OCH3 is 1. The highest BCUT2D eigenvalue weighted by Crippen LogP contribution is 2.48. The van der Waals surface area contributed by atoms with Crippen molar-refractivity contribution in [1.82, 2.24) is 9.80 Å². The molecule has 0 radical (unpaired) electrons. The van der Waals surface area contributed by atoms with Crippen LogP contribution >= 0.6 is 0 Å². The zero-order valence-electron chi connectivity index (χ0n) is 23.6. The first-order valence-corrected chi connectivity index (χ1v) is 13.7. The van der Waals surface area contributed by atoms with Crippen LogP contribution in [0.5, 0.6) is 17.2 Å². The Kier molecular flexibility index (Phi) is 10.4. The number of aliphatic carboxylic acids is 1. The van der Waals surface area contributed by atoms with Crippen molar-refractivity contribution in [3.8, 4) is 17.2 Å². The molecular formula is C29H45N3O6. The lowest BCUT2D eigenvalue weighted by Gasteiger charge is -2.34. The van der Waals surface area contributed by atoms with Gasteiger partial charge in [0.2, 0.25) is 18.4 Å². The van der Waals surface area contributed by atoms with Crippen LogP contribution in [0.15, 0.2) is 24.3 Å². The zero-order chi connectivity index (χ0) is 27.9. The van der Waals surface area contributed by atoms with E-state index in [0.717, 1.165) is 24.8 Å². The largest absolute Gasteiger partial charge is 0.493 e. The Hall–Kier alpha value is -2.78. The molecule has 2 aliphatic rings. The molecule has 2 heterocycles. The summed E-state index contributed by atoms with van der Waals surface area (Å²) < 4.78 is 16.7. The molecule has 0 aliphatic carbocycles. The topological polar surface area (TPSA) is 115 Å². The van der Waals surface area contributed by atoms with Gasteiger partial charge in [-0.25, -0.2) is 0 Å². The summed E-state index contributed by atoms with van der Waals surface area (Å²) >= 11 is 0. The van der Waals surface area contributed by atoms with Gasteiger partial charge < -0.3 is 30.0 Å². The molecule has 38 heavy (non-hydrogen) atoms. The van der Waals surface area contributed by atoms with Gasteiger partial charge in [-0.15, -0.1) is 0 Å². The maximum absolute atomic E-state index is 13.5. The van der Waals surface area contributed by atoms with Crippen LogP contribution in [0.3, 0.4) is 0 Å². The van der Waals surface area contributed by atoms with Gasteiger partial charge in [0.05, 0.1) is 19.6 Å². The van der Waals surface area contributed by atoms with E-state index in [1.54, 1.807) is 7.11 Å². The molecule has 212 valence electrons. The number of carboxylic acid groups (broad SMARTS) is 1. The van der Waals surface area contributed by atoms with E-state index >= 15 is 0 Å². The summed E-state index contributed by atoms with van der Waals surface area (Å²) in [5.41, 5.74) is 6.31. The number of rotatable bonds is 14. The molecule has 0 unspecified atom stereocenters. The molecule has 9 nitrogen and oxygen atoms in total. The summed E-state index contributed by atoms with van der Waals surface area (Å²) in [5.74, 6) is -0.287. The monoisotopic (exact) mass is 531 g/mol. The average Bonchev–Trinajstić information content (AvgIpc) is 3.48. The maximum Gasteiger partial charge on any atom is 0.308 e. The lowest BCUT2D eigenvalue weighted by atomic mass is 9.77. The van der Waals surface area contributed by atoms with E-state index in [-0.39, 0.29) is 36.6 Å². The van der Waals surface area contributed by atoms with Crippen LogP contribution in [0, 0.1) is 11.3 Å². The molecule has 1 aromatic carbocycles. The molecule has 1 fully saturated rings. The lowest BCUT2D eigenvalue weighted by molar-refractivity contribution is -0.144. The Morgan fingerprint density at radius 1 is 1.26 bits per heavy atom. The first-order chi connectivity index (χ1) is 18.1. The number of nitrogens with zero attached hydrogens (tertiary/aromatic N) is 2. The van der Waals surface area contributed by atoms with Crippen molar-refractivity contribution in [3.05, 3.63) is 29.8 Å². The number of fused-ring (bicyclic) bond motifs is 1. The van der Waals surface area contributed by atoms with Gasteiger partial charge in [-0.2, -0.15) is 0 Å². The van der Waals surface area contributed by atoms with Gasteiger partial charge in [0.1, 0.15) is 0 Å². The molecule has 2 aliphatic heterocycles. The fourth-order valence-corrected chi connectivity index (χ4v) is 5.77. The van der Waals surface area contributed by atoms with Crippen molar-refractivity contribution in [2.45, 2.75) is 65.3 Å². The second-order valence-electron chi connectivity index (χ2n) is 11.0. The number of likely N-dealkylation sites (tertiary alicyclic amines) is 1. The number of ether oxygens (including phenoxy) is 3. The predicted molar refractivity (Wildman–Crippen MR) is 147 cm³/mol. The lowest BCUT2D eigenvalue weighted by Crippen LogP contribution is -2.46. The number of hydrogen-bond acceptors (Lipinski definition) is 7.